The van der Waals surface area contributed by atoms with Crippen LogP contribution in [0.25, 0.3) is 6.08 Å². The van der Waals surface area contributed by atoms with Crippen molar-refractivity contribution in [2.24, 2.45) is 5.92 Å². The van der Waals surface area contributed by atoms with Crippen molar-refractivity contribution in [3.8, 4) is 0 Å². The fourth-order valence-electron chi connectivity index (χ4n) is 3.94. The summed E-state index contributed by atoms with van der Waals surface area (Å²) >= 11 is 0. The number of hydrogen-bond acceptors (Lipinski definition) is 2. The molecule has 3 heteroatoms. The normalized spacial score (nSPS) is 28.3. The van der Waals surface area contributed by atoms with Gasteiger partial charge in [0.15, 0.2) is 0 Å². The van der Waals surface area contributed by atoms with Crippen LogP contribution >= 0.6 is 0 Å². The summed E-state index contributed by atoms with van der Waals surface area (Å²) in [7, 11) is 0. The molecule has 0 spiro atoms. The highest BCUT2D eigenvalue weighted by atomic mass is 16.5. The van der Waals surface area contributed by atoms with Crippen molar-refractivity contribution in [2.45, 2.75) is 38.1 Å². The number of quaternary nitrogens is 1. The monoisotopic (exact) mass is 300 g/mol. The fourth-order valence-corrected chi connectivity index (χ4v) is 3.94. The second-order valence-electron chi connectivity index (χ2n) is 6.54. The van der Waals surface area contributed by atoms with Gasteiger partial charge in [-0.3, -0.25) is 0 Å². The quantitative estimate of drug-likeness (QED) is 0.682. The molecule has 2 saturated heterocycles. The second kappa shape index (κ2) is 7.59. The predicted octanol–water partition coefficient (Wildman–Crippen LogP) is 2.09. The van der Waals surface area contributed by atoms with Gasteiger partial charge in [0.05, 0.1) is 19.1 Å². The third kappa shape index (κ3) is 3.98. The summed E-state index contributed by atoms with van der Waals surface area (Å²) in [6.07, 6.45) is 9.85. The summed E-state index contributed by atoms with van der Waals surface area (Å²) < 4.78 is 5.51. The molecule has 1 unspecified atom stereocenters. The molecular formula is C19H26NO2+. The Morgan fingerprint density at radius 3 is 2.82 bits per heavy atom. The number of hydrogen-bond donors (Lipinski definition) is 1. The largest absolute Gasteiger partial charge is 0.462 e. The zero-order chi connectivity index (χ0) is 15.2. The summed E-state index contributed by atoms with van der Waals surface area (Å²) in [6, 6.07) is 10.6. The van der Waals surface area contributed by atoms with Crippen molar-refractivity contribution in [1.82, 2.24) is 0 Å². The first-order valence-corrected chi connectivity index (χ1v) is 8.57. The minimum atomic E-state index is -0.216. The van der Waals surface area contributed by atoms with Crippen molar-refractivity contribution in [2.75, 3.05) is 19.7 Å². The Labute approximate surface area is 133 Å². The Morgan fingerprint density at radius 1 is 1.14 bits per heavy atom. The molecule has 1 aromatic carbocycles. The lowest BCUT2D eigenvalue weighted by Gasteiger charge is -2.40. The van der Waals surface area contributed by atoms with Gasteiger partial charge in [-0.15, -0.1) is 0 Å². The van der Waals surface area contributed by atoms with E-state index in [1.165, 1.54) is 45.2 Å². The molecule has 2 aliphatic rings. The molecule has 2 fully saturated rings. The van der Waals surface area contributed by atoms with E-state index >= 15 is 0 Å². The van der Waals surface area contributed by atoms with Crippen LogP contribution in [0.15, 0.2) is 36.4 Å². The zero-order valence-electron chi connectivity index (χ0n) is 13.2. The van der Waals surface area contributed by atoms with Gasteiger partial charge in [0, 0.05) is 12.0 Å². The molecule has 118 valence electrons. The summed E-state index contributed by atoms with van der Waals surface area (Å²) in [6.45, 7) is 3.21. The first kappa shape index (κ1) is 15.3. The van der Waals surface area contributed by atoms with Gasteiger partial charge in [0.2, 0.25) is 0 Å². The number of rotatable bonds is 4. The molecule has 0 radical (unpaired) electrons. The predicted molar refractivity (Wildman–Crippen MR) is 87.5 cm³/mol. The number of carbonyl (C=O) groups is 1. The SMILES string of the molecule is O=C(/C=C/c1ccccc1)OC[C@H]1CCC[NH+]2CCCC[C@H]12. The Morgan fingerprint density at radius 2 is 1.95 bits per heavy atom. The third-order valence-corrected chi connectivity index (χ3v) is 5.08. The summed E-state index contributed by atoms with van der Waals surface area (Å²) in [5, 5.41) is 0. The maximum Gasteiger partial charge on any atom is 0.330 e. The van der Waals surface area contributed by atoms with Crippen LogP contribution in [0.5, 0.6) is 0 Å². The van der Waals surface area contributed by atoms with Gasteiger partial charge in [0.25, 0.3) is 0 Å². The lowest BCUT2D eigenvalue weighted by molar-refractivity contribution is -0.940. The minimum Gasteiger partial charge on any atom is -0.462 e. The molecule has 0 saturated carbocycles. The van der Waals surface area contributed by atoms with E-state index in [-0.39, 0.29) is 5.97 Å². The Hall–Kier alpha value is -1.61. The topological polar surface area (TPSA) is 30.7 Å². The molecule has 0 amide bonds. The van der Waals surface area contributed by atoms with Crippen molar-refractivity contribution < 1.29 is 14.4 Å². The standard InChI is InChI=1S/C19H25NO2/c21-19(12-11-16-7-2-1-3-8-16)22-15-17-9-6-14-20-13-5-4-10-18(17)20/h1-3,7-8,11-12,17-18H,4-6,9-10,13-15H2/p+1/b12-11+/t17-,18-/m1/s1. The Kier molecular flexibility index (Phi) is 5.28. The number of fused-ring (bicyclic) bond motifs is 1. The van der Waals surface area contributed by atoms with E-state index in [9.17, 15) is 4.79 Å². The number of esters is 1. The van der Waals surface area contributed by atoms with E-state index in [1.54, 1.807) is 11.0 Å². The summed E-state index contributed by atoms with van der Waals surface area (Å²) in [4.78, 5) is 13.7. The van der Waals surface area contributed by atoms with E-state index in [1.807, 2.05) is 36.4 Å². The average molecular weight is 300 g/mol. The third-order valence-electron chi connectivity index (χ3n) is 5.08. The van der Waals surface area contributed by atoms with Crippen LogP contribution in [0, 0.1) is 5.92 Å². The number of piperidine rings is 2. The van der Waals surface area contributed by atoms with E-state index in [2.05, 4.69) is 0 Å². The maximum absolute atomic E-state index is 11.9. The lowest BCUT2D eigenvalue weighted by Crippen LogP contribution is -3.18. The molecule has 0 bridgehead atoms. The van der Waals surface area contributed by atoms with Crippen molar-refractivity contribution in [3.63, 3.8) is 0 Å². The molecule has 2 aliphatic heterocycles. The highest BCUT2D eigenvalue weighted by molar-refractivity contribution is 5.87. The van der Waals surface area contributed by atoms with Crippen LogP contribution in [0.3, 0.4) is 0 Å². The minimum absolute atomic E-state index is 0.216. The molecule has 1 aromatic rings. The van der Waals surface area contributed by atoms with Gasteiger partial charge in [-0.05, 0) is 43.7 Å². The smallest absolute Gasteiger partial charge is 0.330 e. The molecule has 3 atom stereocenters. The summed E-state index contributed by atoms with van der Waals surface area (Å²) in [5.74, 6) is 0.338. The van der Waals surface area contributed by atoms with E-state index in [0.29, 0.717) is 18.6 Å². The Bertz CT molecular complexity index is 509. The van der Waals surface area contributed by atoms with Crippen molar-refractivity contribution >= 4 is 12.0 Å². The van der Waals surface area contributed by atoms with Gasteiger partial charge in [-0.25, -0.2) is 4.79 Å². The van der Waals surface area contributed by atoms with Gasteiger partial charge in [0.1, 0.15) is 6.61 Å². The number of benzene rings is 1. The fraction of sp³-hybridized carbons (Fsp3) is 0.526. The first-order chi connectivity index (χ1) is 10.8. The van der Waals surface area contributed by atoms with Gasteiger partial charge < -0.3 is 9.64 Å². The molecule has 3 nitrogen and oxygen atoms in total. The maximum atomic E-state index is 11.9. The summed E-state index contributed by atoms with van der Waals surface area (Å²) in [5.41, 5.74) is 1.03. The second-order valence-corrected chi connectivity index (χ2v) is 6.54. The van der Waals surface area contributed by atoms with Crippen LogP contribution in [-0.2, 0) is 9.53 Å². The molecule has 1 N–H and O–H groups in total. The van der Waals surface area contributed by atoms with Crippen LogP contribution in [0.1, 0.15) is 37.7 Å². The van der Waals surface area contributed by atoms with Crippen LogP contribution in [0.2, 0.25) is 0 Å². The van der Waals surface area contributed by atoms with Gasteiger partial charge in [-0.2, -0.15) is 0 Å². The lowest BCUT2D eigenvalue weighted by atomic mass is 9.84. The van der Waals surface area contributed by atoms with Gasteiger partial charge in [-0.1, -0.05) is 30.3 Å². The van der Waals surface area contributed by atoms with E-state index in [0.717, 1.165) is 5.56 Å². The first-order valence-electron chi connectivity index (χ1n) is 8.57. The van der Waals surface area contributed by atoms with E-state index in [4.69, 9.17) is 4.74 Å². The molecule has 3 rings (SSSR count). The number of carbonyl (C=O) groups excluding carboxylic acids is 1. The zero-order valence-corrected chi connectivity index (χ0v) is 13.2. The number of nitrogens with one attached hydrogen (secondary N) is 1. The molecule has 0 aliphatic carbocycles. The highest BCUT2D eigenvalue weighted by Gasteiger charge is 2.36. The van der Waals surface area contributed by atoms with Crippen molar-refractivity contribution in [1.29, 1.82) is 0 Å². The van der Waals surface area contributed by atoms with Crippen LogP contribution < -0.4 is 4.90 Å². The molecular weight excluding hydrogens is 274 g/mol. The van der Waals surface area contributed by atoms with Crippen LogP contribution in [-0.4, -0.2) is 31.7 Å². The van der Waals surface area contributed by atoms with Crippen LogP contribution in [0.4, 0.5) is 0 Å². The van der Waals surface area contributed by atoms with Crippen molar-refractivity contribution in [3.05, 3.63) is 42.0 Å². The number of ether oxygens (including phenoxy) is 1. The van der Waals surface area contributed by atoms with Gasteiger partial charge >= 0.3 is 5.97 Å². The highest BCUT2D eigenvalue weighted by Crippen LogP contribution is 2.20. The average Bonchev–Trinajstić information content (AvgIpc) is 2.59. The Balaban J connectivity index is 1.49. The van der Waals surface area contributed by atoms with E-state index < -0.39 is 0 Å². The molecule has 0 aromatic heterocycles. The molecule has 22 heavy (non-hydrogen) atoms. The molecule has 2 heterocycles.